The first kappa shape index (κ1) is 15.8. The Balaban J connectivity index is 2.05. The minimum absolute atomic E-state index is 0.306. The number of benzene rings is 2. The van der Waals surface area contributed by atoms with E-state index in [1.54, 1.807) is 13.0 Å². The number of carboxylic acid groups (broad SMARTS) is 1. The van der Waals surface area contributed by atoms with E-state index in [1.165, 1.54) is 5.56 Å². The summed E-state index contributed by atoms with van der Waals surface area (Å²) in [5, 5.41) is 8.86. The van der Waals surface area contributed by atoms with Crippen molar-refractivity contribution >= 4 is 12.0 Å². The number of hydrogen-bond acceptors (Lipinski definition) is 2. The van der Waals surface area contributed by atoms with Crippen LogP contribution in [0, 0.1) is 0 Å². The fourth-order valence-electron chi connectivity index (χ4n) is 2.09. The lowest BCUT2D eigenvalue weighted by molar-refractivity contribution is -0.132. The van der Waals surface area contributed by atoms with E-state index in [0.717, 1.165) is 29.9 Å². The number of ether oxygens (including phenoxy) is 1. The first-order chi connectivity index (χ1) is 10.6. The Morgan fingerprint density at radius 2 is 1.59 bits per heavy atom. The minimum Gasteiger partial charge on any atom is -0.478 e. The van der Waals surface area contributed by atoms with Gasteiger partial charge in [-0.05, 0) is 54.8 Å². The van der Waals surface area contributed by atoms with Gasteiger partial charge in [-0.1, -0.05) is 37.6 Å². The van der Waals surface area contributed by atoms with Gasteiger partial charge in [-0.2, -0.15) is 0 Å². The first-order valence-corrected chi connectivity index (χ1v) is 7.37. The van der Waals surface area contributed by atoms with E-state index in [2.05, 4.69) is 19.1 Å². The molecule has 114 valence electrons. The molecule has 3 heteroatoms. The smallest absolute Gasteiger partial charge is 0.331 e. The Labute approximate surface area is 130 Å². The molecular formula is C19H20O3. The second-order valence-electron chi connectivity index (χ2n) is 5.20. The predicted molar refractivity (Wildman–Crippen MR) is 88.2 cm³/mol. The molecule has 1 N–H and O–H groups in total. The highest BCUT2D eigenvalue weighted by Gasteiger charge is 2.01. The van der Waals surface area contributed by atoms with Crippen LogP contribution in [0.25, 0.3) is 6.08 Å². The molecule has 0 aromatic heterocycles. The second-order valence-corrected chi connectivity index (χ2v) is 5.20. The molecule has 0 spiro atoms. The normalized spacial score (nSPS) is 11.3. The van der Waals surface area contributed by atoms with Gasteiger partial charge in [0, 0.05) is 5.57 Å². The van der Waals surface area contributed by atoms with E-state index in [4.69, 9.17) is 9.84 Å². The molecule has 0 amide bonds. The number of aliphatic carboxylic acids is 1. The molecule has 0 saturated carbocycles. The minimum atomic E-state index is -0.910. The summed E-state index contributed by atoms with van der Waals surface area (Å²) in [4.78, 5) is 10.8. The highest BCUT2D eigenvalue weighted by molar-refractivity contribution is 5.91. The summed E-state index contributed by atoms with van der Waals surface area (Å²) in [5.41, 5.74) is 2.45. The van der Waals surface area contributed by atoms with Crippen molar-refractivity contribution in [3.05, 3.63) is 65.2 Å². The van der Waals surface area contributed by atoms with Crippen molar-refractivity contribution in [2.24, 2.45) is 0 Å². The van der Waals surface area contributed by atoms with Gasteiger partial charge in [0.25, 0.3) is 0 Å². The van der Waals surface area contributed by atoms with Crippen LogP contribution in [0.4, 0.5) is 0 Å². The number of carboxylic acids is 1. The van der Waals surface area contributed by atoms with Crippen LogP contribution in [0.2, 0.25) is 0 Å². The zero-order valence-electron chi connectivity index (χ0n) is 12.9. The van der Waals surface area contributed by atoms with Crippen LogP contribution in [0.5, 0.6) is 11.5 Å². The summed E-state index contributed by atoms with van der Waals surface area (Å²) in [6, 6.07) is 15.4. The second kappa shape index (κ2) is 7.46. The van der Waals surface area contributed by atoms with Crippen LogP contribution in [-0.4, -0.2) is 11.1 Å². The van der Waals surface area contributed by atoms with Crippen LogP contribution >= 0.6 is 0 Å². The van der Waals surface area contributed by atoms with E-state index >= 15 is 0 Å². The highest BCUT2D eigenvalue weighted by atomic mass is 16.5. The lowest BCUT2D eigenvalue weighted by atomic mass is 10.1. The Bertz CT molecular complexity index is 652. The fourth-order valence-corrected chi connectivity index (χ4v) is 2.09. The molecule has 0 fully saturated rings. The summed E-state index contributed by atoms with van der Waals surface area (Å²) in [6.07, 6.45) is 3.83. The van der Waals surface area contributed by atoms with E-state index in [-0.39, 0.29) is 0 Å². The standard InChI is InChI=1S/C19H20O3/c1-3-4-15-5-9-17(10-6-15)22-18-11-7-16(8-12-18)13-14(2)19(20)21/h5-13H,3-4H2,1-2H3,(H,20,21)/b14-13+. The van der Waals surface area contributed by atoms with Gasteiger partial charge in [-0.3, -0.25) is 0 Å². The van der Waals surface area contributed by atoms with Crippen molar-refractivity contribution in [2.45, 2.75) is 26.7 Å². The Kier molecular flexibility index (Phi) is 5.37. The molecule has 0 aliphatic heterocycles. The van der Waals surface area contributed by atoms with Gasteiger partial charge in [-0.15, -0.1) is 0 Å². The quantitative estimate of drug-likeness (QED) is 0.770. The van der Waals surface area contributed by atoms with Gasteiger partial charge in [-0.25, -0.2) is 4.79 Å². The van der Waals surface area contributed by atoms with Crippen LogP contribution in [0.3, 0.4) is 0 Å². The summed E-state index contributed by atoms with van der Waals surface area (Å²) in [6.45, 7) is 3.73. The molecule has 22 heavy (non-hydrogen) atoms. The van der Waals surface area contributed by atoms with E-state index in [9.17, 15) is 4.79 Å². The third kappa shape index (κ3) is 4.48. The van der Waals surface area contributed by atoms with Gasteiger partial charge < -0.3 is 9.84 Å². The first-order valence-electron chi connectivity index (χ1n) is 7.37. The highest BCUT2D eigenvalue weighted by Crippen LogP contribution is 2.23. The van der Waals surface area contributed by atoms with Gasteiger partial charge in [0.05, 0.1) is 0 Å². The van der Waals surface area contributed by atoms with Crippen molar-refractivity contribution in [1.29, 1.82) is 0 Å². The number of rotatable bonds is 6. The van der Waals surface area contributed by atoms with E-state index in [0.29, 0.717) is 5.57 Å². The Morgan fingerprint density at radius 1 is 1.05 bits per heavy atom. The van der Waals surface area contributed by atoms with E-state index < -0.39 is 5.97 Å². The largest absolute Gasteiger partial charge is 0.478 e. The lowest BCUT2D eigenvalue weighted by Crippen LogP contribution is -1.95. The lowest BCUT2D eigenvalue weighted by Gasteiger charge is -2.07. The Morgan fingerprint density at radius 3 is 2.09 bits per heavy atom. The van der Waals surface area contributed by atoms with Crippen molar-refractivity contribution in [1.82, 2.24) is 0 Å². The number of carbonyl (C=O) groups is 1. The van der Waals surface area contributed by atoms with Gasteiger partial charge in [0.15, 0.2) is 0 Å². The molecule has 2 aromatic carbocycles. The summed E-state index contributed by atoms with van der Waals surface area (Å²) in [5.74, 6) is 0.616. The molecule has 2 rings (SSSR count). The molecule has 0 atom stereocenters. The maximum absolute atomic E-state index is 10.8. The van der Waals surface area contributed by atoms with Crippen LogP contribution in [0.15, 0.2) is 54.1 Å². The van der Waals surface area contributed by atoms with Crippen LogP contribution in [-0.2, 0) is 11.2 Å². The number of aryl methyl sites for hydroxylation is 1. The van der Waals surface area contributed by atoms with Crippen LogP contribution in [0.1, 0.15) is 31.4 Å². The molecule has 0 saturated heterocycles. The van der Waals surface area contributed by atoms with Gasteiger partial charge in [0.2, 0.25) is 0 Å². The summed E-state index contributed by atoms with van der Waals surface area (Å²) in [7, 11) is 0. The summed E-state index contributed by atoms with van der Waals surface area (Å²) >= 11 is 0. The van der Waals surface area contributed by atoms with Crippen molar-refractivity contribution in [3.8, 4) is 11.5 Å². The molecule has 0 aliphatic carbocycles. The Hall–Kier alpha value is -2.55. The molecule has 0 aliphatic rings. The number of hydrogen-bond donors (Lipinski definition) is 1. The fraction of sp³-hybridized carbons (Fsp3) is 0.211. The maximum Gasteiger partial charge on any atom is 0.331 e. The summed E-state index contributed by atoms with van der Waals surface area (Å²) < 4.78 is 5.78. The molecular weight excluding hydrogens is 276 g/mol. The third-order valence-corrected chi connectivity index (χ3v) is 3.30. The average molecular weight is 296 g/mol. The predicted octanol–water partition coefficient (Wildman–Crippen LogP) is 4.92. The molecule has 0 heterocycles. The van der Waals surface area contributed by atoms with Gasteiger partial charge >= 0.3 is 5.97 Å². The average Bonchev–Trinajstić information content (AvgIpc) is 2.51. The van der Waals surface area contributed by atoms with Crippen LogP contribution < -0.4 is 4.74 Å². The zero-order chi connectivity index (χ0) is 15.9. The molecule has 2 aromatic rings. The van der Waals surface area contributed by atoms with E-state index in [1.807, 2.05) is 36.4 Å². The zero-order valence-corrected chi connectivity index (χ0v) is 12.9. The van der Waals surface area contributed by atoms with Crippen molar-refractivity contribution in [3.63, 3.8) is 0 Å². The third-order valence-electron chi connectivity index (χ3n) is 3.30. The maximum atomic E-state index is 10.8. The SMILES string of the molecule is CCCc1ccc(Oc2ccc(/C=C(\C)C(=O)O)cc2)cc1. The molecule has 0 radical (unpaired) electrons. The van der Waals surface area contributed by atoms with Gasteiger partial charge in [0.1, 0.15) is 11.5 Å². The molecule has 0 unspecified atom stereocenters. The molecule has 3 nitrogen and oxygen atoms in total. The molecule has 0 bridgehead atoms. The monoisotopic (exact) mass is 296 g/mol. The topological polar surface area (TPSA) is 46.5 Å². The van der Waals surface area contributed by atoms with Crippen molar-refractivity contribution in [2.75, 3.05) is 0 Å². The van der Waals surface area contributed by atoms with Crippen molar-refractivity contribution < 1.29 is 14.6 Å².